The first kappa shape index (κ1) is 29.3. The summed E-state index contributed by atoms with van der Waals surface area (Å²) in [4.78, 5) is 36.2. The Hall–Kier alpha value is -3.92. The van der Waals surface area contributed by atoms with Gasteiger partial charge in [0.2, 0.25) is 0 Å². The molecule has 0 bridgehead atoms. The number of hydrazone groups is 1. The quantitative estimate of drug-likeness (QED) is 0.164. The minimum Gasteiger partial charge on any atom is -0.490 e. The van der Waals surface area contributed by atoms with E-state index in [9.17, 15) is 14.4 Å². The van der Waals surface area contributed by atoms with Crippen molar-refractivity contribution in [3.8, 4) is 11.5 Å². The fraction of sp³-hybridized carbons (Fsp3) is 0.407. The van der Waals surface area contributed by atoms with Crippen molar-refractivity contribution >= 4 is 29.6 Å². The molecule has 0 saturated carbocycles. The Morgan fingerprint density at radius 1 is 1.00 bits per heavy atom. The van der Waals surface area contributed by atoms with E-state index in [1.807, 2.05) is 52.8 Å². The lowest BCUT2D eigenvalue weighted by Crippen LogP contribution is -2.38. The molecule has 0 heterocycles. The van der Waals surface area contributed by atoms with Gasteiger partial charge in [-0.25, -0.2) is 5.43 Å². The van der Waals surface area contributed by atoms with Crippen LogP contribution in [0.1, 0.15) is 43.9 Å². The summed E-state index contributed by atoms with van der Waals surface area (Å²) in [5.41, 5.74) is 5.49. The predicted molar refractivity (Wildman–Crippen MR) is 142 cm³/mol. The number of hydrogen-bond acceptors (Lipinski definition) is 7. The van der Waals surface area contributed by atoms with Crippen LogP contribution in [-0.2, 0) is 19.1 Å². The molecule has 2 aromatic rings. The van der Waals surface area contributed by atoms with Gasteiger partial charge in [0.15, 0.2) is 18.1 Å². The van der Waals surface area contributed by atoms with Crippen molar-refractivity contribution in [2.75, 3.05) is 31.7 Å². The van der Waals surface area contributed by atoms with E-state index in [1.165, 1.54) is 6.21 Å². The monoisotopic (exact) mass is 512 g/mol. The van der Waals surface area contributed by atoms with Gasteiger partial charge in [0.25, 0.3) is 5.91 Å². The van der Waals surface area contributed by atoms with E-state index >= 15 is 0 Å². The van der Waals surface area contributed by atoms with Crippen molar-refractivity contribution in [2.24, 2.45) is 5.10 Å². The maximum absolute atomic E-state index is 12.4. The number of nitrogens with zero attached hydrogens (tertiary/aromatic N) is 1. The van der Waals surface area contributed by atoms with E-state index in [1.54, 1.807) is 18.2 Å². The summed E-state index contributed by atoms with van der Waals surface area (Å²) in [6.45, 7) is 10.5. The molecule has 0 radical (unpaired) electrons. The van der Waals surface area contributed by atoms with Crippen molar-refractivity contribution in [1.82, 2.24) is 10.7 Å². The number of para-hydroxylation sites is 1. The molecule has 2 rings (SSSR count). The normalized spacial score (nSPS) is 10.9. The highest BCUT2D eigenvalue weighted by Gasteiger charge is 2.13. The molecule has 0 aliphatic rings. The molecule has 0 fully saturated rings. The van der Waals surface area contributed by atoms with Crippen LogP contribution in [0, 0.1) is 13.8 Å². The number of anilines is 1. The second kappa shape index (κ2) is 15.2. The molecule has 200 valence electrons. The van der Waals surface area contributed by atoms with E-state index in [0.717, 1.165) is 16.8 Å². The van der Waals surface area contributed by atoms with Crippen LogP contribution in [-0.4, -0.2) is 56.4 Å². The lowest BCUT2D eigenvalue weighted by atomic mass is 10.1. The van der Waals surface area contributed by atoms with E-state index in [2.05, 4.69) is 21.2 Å². The molecule has 0 aliphatic heterocycles. The summed E-state index contributed by atoms with van der Waals surface area (Å²) in [5.74, 6) is -1.14. The van der Waals surface area contributed by atoms with Crippen molar-refractivity contribution in [3.63, 3.8) is 0 Å². The van der Waals surface area contributed by atoms with Gasteiger partial charge >= 0.3 is 11.8 Å². The van der Waals surface area contributed by atoms with Crippen LogP contribution in [0.3, 0.4) is 0 Å². The lowest BCUT2D eigenvalue weighted by Gasteiger charge is -2.14. The summed E-state index contributed by atoms with van der Waals surface area (Å²) >= 11 is 0. The second-order valence-electron chi connectivity index (χ2n) is 8.47. The summed E-state index contributed by atoms with van der Waals surface area (Å²) in [7, 11) is 0. The molecule has 0 saturated heterocycles. The van der Waals surface area contributed by atoms with Gasteiger partial charge < -0.3 is 24.8 Å². The van der Waals surface area contributed by atoms with Gasteiger partial charge in [0.05, 0.1) is 18.9 Å². The van der Waals surface area contributed by atoms with Gasteiger partial charge in [-0.05, 0) is 75.9 Å². The average Bonchev–Trinajstić information content (AvgIpc) is 2.85. The van der Waals surface area contributed by atoms with Crippen molar-refractivity contribution in [1.29, 1.82) is 0 Å². The molecule has 0 spiro atoms. The second-order valence-corrected chi connectivity index (χ2v) is 8.47. The molecule has 0 unspecified atom stereocenters. The van der Waals surface area contributed by atoms with Gasteiger partial charge in [-0.2, -0.15) is 5.10 Å². The Labute approximate surface area is 217 Å². The Morgan fingerprint density at radius 2 is 1.73 bits per heavy atom. The lowest BCUT2D eigenvalue weighted by molar-refractivity contribution is -0.139. The molecular formula is C27H36N4O6. The maximum atomic E-state index is 12.4. The molecule has 10 nitrogen and oxygen atoms in total. The summed E-state index contributed by atoms with van der Waals surface area (Å²) in [6.07, 6.45) is 2.09. The number of carbonyl (C=O) groups is 3. The molecule has 0 atom stereocenters. The molecule has 37 heavy (non-hydrogen) atoms. The highest BCUT2D eigenvalue weighted by Crippen LogP contribution is 2.28. The van der Waals surface area contributed by atoms with Crippen LogP contribution in [0.2, 0.25) is 0 Å². The smallest absolute Gasteiger partial charge is 0.329 e. The number of aryl methyl sites for hydroxylation is 2. The molecule has 3 amide bonds. The summed E-state index contributed by atoms with van der Waals surface area (Å²) in [6, 6.07) is 10.8. The number of rotatable bonds is 13. The van der Waals surface area contributed by atoms with Crippen molar-refractivity contribution < 1.29 is 28.6 Å². The summed E-state index contributed by atoms with van der Waals surface area (Å²) in [5, 5.41) is 9.21. The largest absolute Gasteiger partial charge is 0.490 e. The van der Waals surface area contributed by atoms with Gasteiger partial charge in [0.1, 0.15) is 0 Å². The predicted octanol–water partition coefficient (Wildman–Crippen LogP) is 3.10. The number of benzene rings is 2. The van der Waals surface area contributed by atoms with Gasteiger partial charge in [-0.1, -0.05) is 18.2 Å². The van der Waals surface area contributed by atoms with Gasteiger partial charge in [-0.15, -0.1) is 0 Å². The first-order valence-electron chi connectivity index (χ1n) is 12.2. The third-order valence-corrected chi connectivity index (χ3v) is 5.02. The Bertz CT molecular complexity index is 1080. The Kier molecular flexibility index (Phi) is 12.1. The average molecular weight is 513 g/mol. The topological polar surface area (TPSA) is 127 Å². The minimum absolute atomic E-state index is 0.116. The van der Waals surface area contributed by atoms with E-state index in [4.69, 9.17) is 14.2 Å². The first-order chi connectivity index (χ1) is 17.7. The molecule has 0 aromatic heterocycles. The van der Waals surface area contributed by atoms with E-state index in [0.29, 0.717) is 43.2 Å². The number of nitrogens with one attached hydrogen (secondary N) is 3. The van der Waals surface area contributed by atoms with Crippen LogP contribution in [0.15, 0.2) is 41.5 Å². The van der Waals surface area contributed by atoms with Crippen LogP contribution in [0.4, 0.5) is 5.69 Å². The Morgan fingerprint density at radius 3 is 2.41 bits per heavy atom. The maximum Gasteiger partial charge on any atom is 0.329 e. The molecule has 2 aromatic carbocycles. The molecule has 3 N–H and O–H groups in total. The number of carbonyl (C=O) groups excluding carboxylic acids is 3. The van der Waals surface area contributed by atoms with Crippen LogP contribution >= 0.6 is 0 Å². The fourth-order valence-corrected chi connectivity index (χ4v) is 3.21. The highest BCUT2D eigenvalue weighted by molar-refractivity contribution is 6.35. The number of hydrogen-bond donors (Lipinski definition) is 3. The zero-order chi connectivity index (χ0) is 27.2. The van der Waals surface area contributed by atoms with E-state index < -0.39 is 11.8 Å². The SMILES string of the molecule is CCOc1cc(/C=N\NC(=O)C(=O)NCCCOC(C)C)ccc1OCC(=O)Nc1c(C)cccc1C. The zero-order valence-electron chi connectivity index (χ0n) is 22.1. The van der Waals surface area contributed by atoms with Crippen LogP contribution in [0.5, 0.6) is 11.5 Å². The van der Waals surface area contributed by atoms with Gasteiger partial charge in [0, 0.05) is 18.8 Å². The number of amides is 3. The zero-order valence-corrected chi connectivity index (χ0v) is 22.1. The summed E-state index contributed by atoms with van der Waals surface area (Å²) < 4.78 is 16.7. The van der Waals surface area contributed by atoms with Crippen LogP contribution < -0.4 is 25.5 Å². The van der Waals surface area contributed by atoms with E-state index in [-0.39, 0.29) is 18.6 Å². The third kappa shape index (κ3) is 10.3. The van der Waals surface area contributed by atoms with Gasteiger partial charge in [-0.3, -0.25) is 14.4 Å². The van der Waals surface area contributed by atoms with Crippen LogP contribution in [0.25, 0.3) is 0 Å². The van der Waals surface area contributed by atoms with Crippen molar-refractivity contribution in [2.45, 2.75) is 47.1 Å². The Balaban J connectivity index is 1.88. The minimum atomic E-state index is -0.874. The molecule has 10 heteroatoms. The van der Waals surface area contributed by atoms with Crippen molar-refractivity contribution in [3.05, 3.63) is 53.1 Å². The third-order valence-electron chi connectivity index (χ3n) is 5.02. The molecule has 0 aliphatic carbocycles. The highest BCUT2D eigenvalue weighted by atomic mass is 16.5. The first-order valence-corrected chi connectivity index (χ1v) is 12.2. The molecular weight excluding hydrogens is 476 g/mol. The standard InChI is InChI=1S/C27H36N4O6/c1-6-35-23-15-21(16-29-31-27(34)26(33)28-13-8-14-36-18(2)3)11-12-22(23)37-17-24(32)30-25-19(4)9-7-10-20(25)5/h7,9-12,15-16,18H,6,8,13-14,17H2,1-5H3,(H,28,33)(H,30,32)(H,31,34)/b29-16-. The number of ether oxygens (including phenoxy) is 3. The fourth-order valence-electron chi connectivity index (χ4n) is 3.21.